The summed E-state index contributed by atoms with van der Waals surface area (Å²) in [5, 5.41) is 3.29. The van der Waals surface area contributed by atoms with Crippen molar-refractivity contribution < 1.29 is 13.9 Å². The first-order chi connectivity index (χ1) is 9.26. The molecule has 0 saturated heterocycles. The second-order valence-electron chi connectivity index (χ2n) is 4.14. The van der Waals surface area contributed by atoms with Gasteiger partial charge in [0.2, 0.25) is 0 Å². The zero-order valence-electron chi connectivity index (χ0n) is 11.5. The van der Waals surface area contributed by atoms with Crippen molar-refractivity contribution >= 4 is 5.69 Å². The van der Waals surface area contributed by atoms with Crippen LogP contribution in [0.3, 0.4) is 0 Å². The third kappa shape index (κ3) is 3.22. The maximum atomic E-state index is 5.64. The van der Waals surface area contributed by atoms with Crippen LogP contribution in [0.15, 0.2) is 34.7 Å². The van der Waals surface area contributed by atoms with Crippen molar-refractivity contribution in [1.29, 1.82) is 0 Å². The van der Waals surface area contributed by atoms with E-state index in [0.717, 1.165) is 35.1 Å². The molecule has 0 aliphatic carbocycles. The Balaban J connectivity index is 2.06. The molecule has 0 atom stereocenters. The third-order valence-corrected chi connectivity index (χ3v) is 2.93. The molecule has 19 heavy (non-hydrogen) atoms. The lowest BCUT2D eigenvalue weighted by Crippen LogP contribution is -2.00. The standard InChI is InChI=1S/C15H19NO3/c1-4-11-5-6-13(19-11)10-16-14-8-7-12(17-2)9-15(14)18-3/h5-9,16H,4,10H2,1-3H3. The quantitative estimate of drug-likeness (QED) is 0.864. The van der Waals surface area contributed by atoms with E-state index in [0.29, 0.717) is 6.54 Å². The maximum absolute atomic E-state index is 5.64. The van der Waals surface area contributed by atoms with Crippen LogP contribution in [0.5, 0.6) is 11.5 Å². The molecular formula is C15H19NO3. The van der Waals surface area contributed by atoms with Crippen LogP contribution >= 0.6 is 0 Å². The van der Waals surface area contributed by atoms with E-state index in [9.17, 15) is 0 Å². The fraction of sp³-hybridized carbons (Fsp3) is 0.333. The fourth-order valence-corrected chi connectivity index (χ4v) is 1.83. The Hall–Kier alpha value is -2.10. The number of hydrogen-bond donors (Lipinski definition) is 1. The molecule has 1 aromatic heterocycles. The van der Waals surface area contributed by atoms with E-state index in [4.69, 9.17) is 13.9 Å². The number of ether oxygens (including phenoxy) is 2. The van der Waals surface area contributed by atoms with Gasteiger partial charge in [-0.25, -0.2) is 0 Å². The minimum absolute atomic E-state index is 0.628. The Bertz CT molecular complexity index is 534. The lowest BCUT2D eigenvalue weighted by Gasteiger charge is -2.11. The molecule has 0 amide bonds. The summed E-state index contributed by atoms with van der Waals surface area (Å²) in [5.74, 6) is 3.43. The van der Waals surface area contributed by atoms with Gasteiger partial charge in [0.05, 0.1) is 26.5 Å². The summed E-state index contributed by atoms with van der Waals surface area (Å²) < 4.78 is 16.1. The van der Waals surface area contributed by atoms with Crippen molar-refractivity contribution in [2.75, 3.05) is 19.5 Å². The van der Waals surface area contributed by atoms with Gasteiger partial charge in [0.15, 0.2) is 0 Å². The summed E-state index contributed by atoms with van der Waals surface area (Å²) >= 11 is 0. The van der Waals surface area contributed by atoms with E-state index in [-0.39, 0.29) is 0 Å². The number of aryl methyl sites for hydroxylation is 1. The Kier molecular flexibility index (Phi) is 4.34. The fourth-order valence-electron chi connectivity index (χ4n) is 1.83. The highest BCUT2D eigenvalue weighted by molar-refractivity contribution is 5.59. The monoisotopic (exact) mass is 261 g/mol. The molecule has 4 nitrogen and oxygen atoms in total. The highest BCUT2D eigenvalue weighted by Gasteiger charge is 2.06. The summed E-state index contributed by atoms with van der Waals surface area (Å²) in [5.41, 5.74) is 0.915. The van der Waals surface area contributed by atoms with E-state index in [1.54, 1.807) is 14.2 Å². The molecule has 0 spiro atoms. The highest BCUT2D eigenvalue weighted by atomic mass is 16.5. The second kappa shape index (κ2) is 6.18. The number of hydrogen-bond acceptors (Lipinski definition) is 4. The number of anilines is 1. The van der Waals surface area contributed by atoms with Crippen LogP contribution in [-0.4, -0.2) is 14.2 Å². The molecule has 0 bridgehead atoms. The lowest BCUT2D eigenvalue weighted by atomic mass is 10.2. The van der Waals surface area contributed by atoms with Gasteiger partial charge in [0.1, 0.15) is 23.0 Å². The topological polar surface area (TPSA) is 43.6 Å². The average Bonchev–Trinajstić information content (AvgIpc) is 2.92. The predicted molar refractivity (Wildman–Crippen MR) is 75.0 cm³/mol. The maximum Gasteiger partial charge on any atom is 0.145 e. The smallest absolute Gasteiger partial charge is 0.145 e. The van der Waals surface area contributed by atoms with Gasteiger partial charge in [-0.2, -0.15) is 0 Å². The Morgan fingerprint density at radius 1 is 1.05 bits per heavy atom. The molecule has 2 aromatic rings. The molecule has 0 radical (unpaired) electrons. The van der Waals surface area contributed by atoms with Crippen molar-refractivity contribution in [3.63, 3.8) is 0 Å². The van der Waals surface area contributed by atoms with Gasteiger partial charge in [-0.05, 0) is 24.3 Å². The zero-order valence-corrected chi connectivity index (χ0v) is 11.5. The molecule has 0 fully saturated rings. The first-order valence-corrected chi connectivity index (χ1v) is 6.30. The van der Waals surface area contributed by atoms with E-state index in [1.165, 1.54) is 0 Å². The third-order valence-electron chi connectivity index (χ3n) is 2.93. The first-order valence-electron chi connectivity index (χ1n) is 6.30. The number of benzene rings is 1. The predicted octanol–water partition coefficient (Wildman–Crippen LogP) is 3.47. The van der Waals surface area contributed by atoms with Gasteiger partial charge in [0.25, 0.3) is 0 Å². The summed E-state index contributed by atoms with van der Waals surface area (Å²) in [4.78, 5) is 0. The van der Waals surface area contributed by atoms with E-state index < -0.39 is 0 Å². The highest BCUT2D eigenvalue weighted by Crippen LogP contribution is 2.29. The largest absolute Gasteiger partial charge is 0.497 e. The summed E-state index contributed by atoms with van der Waals surface area (Å²) in [6, 6.07) is 9.66. The molecule has 2 rings (SSSR count). The van der Waals surface area contributed by atoms with E-state index in [1.807, 2.05) is 30.3 Å². The van der Waals surface area contributed by atoms with E-state index in [2.05, 4.69) is 12.2 Å². The van der Waals surface area contributed by atoms with Gasteiger partial charge in [0, 0.05) is 12.5 Å². The van der Waals surface area contributed by atoms with Crippen LogP contribution in [0.4, 0.5) is 5.69 Å². The number of furan rings is 1. The van der Waals surface area contributed by atoms with Gasteiger partial charge in [-0.1, -0.05) is 6.92 Å². The number of rotatable bonds is 6. The van der Waals surface area contributed by atoms with Crippen LogP contribution in [0.2, 0.25) is 0 Å². The molecule has 0 saturated carbocycles. The first kappa shape index (κ1) is 13.3. The summed E-state index contributed by atoms with van der Waals surface area (Å²) in [6.45, 7) is 2.70. The van der Waals surface area contributed by atoms with E-state index >= 15 is 0 Å². The summed E-state index contributed by atoms with van der Waals surface area (Å²) in [6.07, 6.45) is 0.909. The summed E-state index contributed by atoms with van der Waals surface area (Å²) in [7, 11) is 3.28. The number of nitrogens with one attached hydrogen (secondary N) is 1. The van der Waals surface area contributed by atoms with Crippen molar-refractivity contribution in [3.8, 4) is 11.5 Å². The van der Waals surface area contributed by atoms with Crippen LogP contribution in [0, 0.1) is 0 Å². The molecular weight excluding hydrogens is 242 g/mol. The van der Waals surface area contributed by atoms with Gasteiger partial charge < -0.3 is 19.2 Å². The molecule has 0 aliphatic rings. The zero-order chi connectivity index (χ0) is 13.7. The van der Waals surface area contributed by atoms with Crippen LogP contribution in [0.25, 0.3) is 0 Å². The van der Waals surface area contributed by atoms with Crippen molar-refractivity contribution in [1.82, 2.24) is 0 Å². The molecule has 1 aromatic carbocycles. The average molecular weight is 261 g/mol. The van der Waals surface area contributed by atoms with Gasteiger partial charge >= 0.3 is 0 Å². The molecule has 0 aliphatic heterocycles. The SMILES string of the molecule is CCc1ccc(CNc2ccc(OC)cc2OC)o1. The number of methoxy groups -OCH3 is 2. The normalized spacial score (nSPS) is 10.3. The molecule has 102 valence electrons. The van der Waals surface area contributed by atoms with Gasteiger partial charge in [-0.3, -0.25) is 0 Å². The van der Waals surface area contributed by atoms with Gasteiger partial charge in [-0.15, -0.1) is 0 Å². The van der Waals surface area contributed by atoms with Crippen LogP contribution in [-0.2, 0) is 13.0 Å². The Morgan fingerprint density at radius 2 is 1.84 bits per heavy atom. The van der Waals surface area contributed by atoms with Crippen molar-refractivity contribution in [2.45, 2.75) is 19.9 Å². The Labute approximate surface area is 113 Å². The lowest BCUT2D eigenvalue weighted by molar-refractivity contribution is 0.395. The minimum Gasteiger partial charge on any atom is -0.497 e. The molecule has 1 heterocycles. The van der Waals surface area contributed by atoms with Crippen LogP contribution < -0.4 is 14.8 Å². The minimum atomic E-state index is 0.628. The molecule has 1 N–H and O–H groups in total. The van der Waals surface area contributed by atoms with Crippen LogP contribution in [0.1, 0.15) is 18.4 Å². The Morgan fingerprint density at radius 3 is 2.47 bits per heavy atom. The van der Waals surface area contributed by atoms with Crippen molar-refractivity contribution in [2.24, 2.45) is 0 Å². The molecule has 4 heteroatoms. The molecule has 0 unspecified atom stereocenters. The second-order valence-corrected chi connectivity index (χ2v) is 4.14. The van der Waals surface area contributed by atoms with Crippen molar-refractivity contribution in [3.05, 3.63) is 41.9 Å².